The van der Waals surface area contributed by atoms with E-state index in [1.807, 2.05) is 13.8 Å². The number of hydrogen-bond acceptors (Lipinski definition) is 4. The number of nitrogens with two attached hydrogens (primary N) is 1. The van der Waals surface area contributed by atoms with Crippen LogP contribution in [-0.4, -0.2) is 48.2 Å². The molecule has 6 heteroatoms. The van der Waals surface area contributed by atoms with Crippen LogP contribution in [0.2, 0.25) is 0 Å². The van der Waals surface area contributed by atoms with E-state index in [0.29, 0.717) is 13.0 Å². The summed E-state index contributed by atoms with van der Waals surface area (Å²) in [6, 6.07) is 0.0687. The molecule has 0 fully saturated rings. The summed E-state index contributed by atoms with van der Waals surface area (Å²) in [6.07, 6.45) is 0.351. The van der Waals surface area contributed by atoms with Gasteiger partial charge in [0.05, 0.1) is 0 Å². The number of rotatable bonds is 6. The van der Waals surface area contributed by atoms with Crippen LogP contribution in [0, 0.1) is 0 Å². The normalized spacial score (nSPS) is 11.9. The Labute approximate surface area is 89.7 Å². The molecule has 0 aromatic carbocycles. The van der Waals surface area contributed by atoms with Gasteiger partial charge in [-0.25, -0.2) is 0 Å². The lowest BCUT2D eigenvalue weighted by atomic mass is 10.2. The van der Waals surface area contributed by atoms with Gasteiger partial charge in [-0.2, -0.15) is 0 Å². The fourth-order valence-corrected chi connectivity index (χ4v) is 1.16. The topological polar surface area (TPSA) is 88.2 Å². The zero-order chi connectivity index (χ0) is 11.8. The van der Waals surface area contributed by atoms with E-state index in [1.54, 1.807) is 4.90 Å². The maximum absolute atomic E-state index is 11.5. The highest BCUT2D eigenvalue weighted by Gasteiger charge is 2.16. The molecule has 0 aliphatic heterocycles. The molecule has 0 rings (SSSR count). The van der Waals surface area contributed by atoms with Gasteiger partial charge in [-0.15, -0.1) is 0 Å². The van der Waals surface area contributed by atoms with E-state index in [1.165, 1.54) is 7.11 Å². The lowest BCUT2D eigenvalue weighted by molar-refractivity contribution is -0.136. The van der Waals surface area contributed by atoms with E-state index in [0.717, 1.165) is 0 Å². The van der Waals surface area contributed by atoms with E-state index in [2.05, 4.69) is 5.16 Å². The predicted octanol–water partition coefficient (Wildman–Crippen LogP) is 0.00630. The standard InChI is InChI=1S/C9H19N3O3/c1-7(2)12(9(13)6-15-3)5-4-8(10)11-14/h7,14H,4-6H2,1-3H3,(H2,10,11). The summed E-state index contributed by atoms with van der Waals surface area (Å²) in [5.74, 6) is 0.0177. The minimum atomic E-state index is -0.0989. The average molecular weight is 217 g/mol. The summed E-state index contributed by atoms with van der Waals surface area (Å²) >= 11 is 0. The second-order valence-corrected chi connectivity index (χ2v) is 3.46. The molecule has 1 amide bonds. The smallest absolute Gasteiger partial charge is 0.248 e. The fourth-order valence-electron chi connectivity index (χ4n) is 1.16. The van der Waals surface area contributed by atoms with Crippen LogP contribution in [0.25, 0.3) is 0 Å². The van der Waals surface area contributed by atoms with Crippen molar-refractivity contribution in [3.63, 3.8) is 0 Å². The zero-order valence-electron chi connectivity index (χ0n) is 9.43. The molecule has 0 aromatic heterocycles. The summed E-state index contributed by atoms with van der Waals surface area (Å²) < 4.78 is 4.77. The van der Waals surface area contributed by atoms with Gasteiger partial charge in [-0.1, -0.05) is 5.16 Å². The van der Waals surface area contributed by atoms with Crippen LogP contribution in [0.5, 0.6) is 0 Å². The first-order valence-electron chi connectivity index (χ1n) is 4.77. The molecule has 0 aliphatic rings. The van der Waals surface area contributed by atoms with Crippen molar-refractivity contribution in [2.75, 3.05) is 20.3 Å². The Hall–Kier alpha value is -1.30. The Morgan fingerprint density at radius 3 is 2.60 bits per heavy atom. The molecule has 88 valence electrons. The Bertz CT molecular complexity index is 229. The Balaban J connectivity index is 4.22. The SMILES string of the molecule is COCC(=O)N(CCC(N)=NO)C(C)C. The van der Waals surface area contributed by atoms with Crippen LogP contribution in [0.15, 0.2) is 5.16 Å². The summed E-state index contributed by atoms with van der Waals surface area (Å²) in [4.78, 5) is 13.2. The minimum absolute atomic E-state index is 0.0500. The fraction of sp³-hybridized carbons (Fsp3) is 0.778. The highest BCUT2D eigenvalue weighted by Crippen LogP contribution is 2.01. The van der Waals surface area contributed by atoms with Crippen LogP contribution in [0.4, 0.5) is 0 Å². The number of oxime groups is 1. The second-order valence-electron chi connectivity index (χ2n) is 3.46. The van der Waals surface area contributed by atoms with Crippen LogP contribution in [0.3, 0.4) is 0 Å². The average Bonchev–Trinajstić information content (AvgIpc) is 2.17. The molecule has 0 heterocycles. The van der Waals surface area contributed by atoms with Crippen molar-refractivity contribution in [3.8, 4) is 0 Å². The van der Waals surface area contributed by atoms with Crippen LogP contribution >= 0.6 is 0 Å². The molecule has 0 atom stereocenters. The van der Waals surface area contributed by atoms with Gasteiger partial charge in [-0.3, -0.25) is 4.79 Å². The highest BCUT2D eigenvalue weighted by molar-refractivity contribution is 5.81. The summed E-state index contributed by atoms with van der Waals surface area (Å²) in [6.45, 7) is 4.28. The second kappa shape index (κ2) is 7.05. The Morgan fingerprint density at radius 2 is 2.20 bits per heavy atom. The number of carbonyl (C=O) groups is 1. The maximum atomic E-state index is 11.5. The lowest BCUT2D eigenvalue weighted by Crippen LogP contribution is -2.41. The van der Waals surface area contributed by atoms with Gasteiger partial charge in [0.1, 0.15) is 12.4 Å². The first-order chi connectivity index (χ1) is 7.02. The number of amidine groups is 1. The number of methoxy groups -OCH3 is 1. The number of amides is 1. The molecular weight excluding hydrogens is 198 g/mol. The van der Waals surface area contributed by atoms with Gasteiger partial charge >= 0.3 is 0 Å². The van der Waals surface area contributed by atoms with Crippen molar-refractivity contribution >= 4 is 11.7 Å². The van der Waals surface area contributed by atoms with Crippen molar-refractivity contribution in [1.29, 1.82) is 0 Å². The molecule has 0 aromatic rings. The van der Waals surface area contributed by atoms with Crippen molar-refractivity contribution in [2.45, 2.75) is 26.3 Å². The number of nitrogens with zero attached hydrogens (tertiary/aromatic N) is 2. The molecule has 0 saturated carbocycles. The quantitative estimate of drug-likeness (QED) is 0.284. The molecular formula is C9H19N3O3. The molecule has 15 heavy (non-hydrogen) atoms. The third-order valence-corrected chi connectivity index (χ3v) is 1.95. The maximum Gasteiger partial charge on any atom is 0.248 e. The van der Waals surface area contributed by atoms with Crippen molar-refractivity contribution in [3.05, 3.63) is 0 Å². The first-order valence-corrected chi connectivity index (χ1v) is 4.77. The summed E-state index contributed by atoms with van der Waals surface area (Å²) in [7, 11) is 1.47. The molecule has 6 nitrogen and oxygen atoms in total. The van der Waals surface area contributed by atoms with Gasteiger partial charge in [-0.05, 0) is 13.8 Å². The van der Waals surface area contributed by atoms with Crippen molar-refractivity contribution in [2.24, 2.45) is 10.9 Å². The van der Waals surface area contributed by atoms with E-state index < -0.39 is 0 Å². The van der Waals surface area contributed by atoms with Gasteiger partial charge in [0.15, 0.2) is 0 Å². The van der Waals surface area contributed by atoms with E-state index in [9.17, 15) is 4.79 Å². The van der Waals surface area contributed by atoms with Crippen molar-refractivity contribution in [1.82, 2.24) is 4.90 Å². The first kappa shape index (κ1) is 13.7. The van der Waals surface area contributed by atoms with Crippen LogP contribution < -0.4 is 5.73 Å². The Kier molecular flexibility index (Phi) is 6.44. The number of carbonyl (C=O) groups excluding carboxylic acids is 1. The van der Waals surface area contributed by atoms with Gasteiger partial charge in [0, 0.05) is 26.1 Å². The molecule has 0 radical (unpaired) electrons. The largest absolute Gasteiger partial charge is 0.409 e. The molecule has 0 aliphatic carbocycles. The highest BCUT2D eigenvalue weighted by atomic mass is 16.5. The predicted molar refractivity (Wildman–Crippen MR) is 56.8 cm³/mol. The van der Waals surface area contributed by atoms with Crippen molar-refractivity contribution < 1.29 is 14.7 Å². The van der Waals surface area contributed by atoms with Gasteiger partial charge in [0.25, 0.3) is 0 Å². The molecule has 0 saturated heterocycles. The summed E-state index contributed by atoms with van der Waals surface area (Å²) in [5.41, 5.74) is 5.33. The van der Waals surface area contributed by atoms with Crippen LogP contribution in [0.1, 0.15) is 20.3 Å². The zero-order valence-corrected chi connectivity index (χ0v) is 9.43. The number of hydrogen-bond donors (Lipinski definition) is 2. The third-order valence-electron chi connectivity index (χ3n) is 1.95. The summed E-state index contributed by atoms with van der Waals surface area (Å²) in [5, 5.41) is 11.2. The molecule has 0 bridgehead atoms. The number of ether oxygens (including phenoxy) is 1. The monoisotopic (exact) mass is 217 g/mol. The molecule has 3 N–H and O–H groups in total. The minimum Gasteiger partial charge on any atom is -0.409 e. The molecule has 0 spiro atoms. The molecule has 0 unspecified atom stereocenters. The lowest BCUT2D eigenvalue weighted by Gasteiger charge is -2.26. The van der Waals surface area contributed by atoms with Gasteiger partial charge in [0.2, 0.25) is 5.91 Å². The third kappa shape index (κ3) is 5.21. The van der Waals surface area contributed by atoms with Gasteiger partial charge < -0.3 is 20.6 Å². The van der Waals surface area contributed by atoms with Crippen LogP contribution in [-0.2, 0) is 9.53 Å². The van der Waals surface area contributed by atoms with E-state index in [4.69, 9.17) is 15.7 Å². The Morgan fingerprint density at radius 1 is 1.60 bits per heavy atom. The van der Waals surface area contributed by atoms with E-state index in [-0.39, 0.29) is 24.4 Å². The van der Waals surface area contributed by atoms with E-state index >= 15 is 0 Å².